The van der Waals surface area contributed by atoms with Gasteiger partial charge >= 0.3 is 0 Å². The lowest BCUT2D eigenvalue weighted by Gasteiger charge is -2.22. The second-order valence-corrected chi connectivity index (χ2v) is 5.55. The van der Waals surface area contributed by atoms with Crippen molar-refractivity contribution in [1.29, 1.82) is 0 Å². The number of rotatable bonds is 4. The first-order valence-corrected chi connectivity index (χ1v) is 7.08. The van der Waals surface area contributed by atoms with E-state index >= 15 is 0 Å². The fourth-order valence-electron chi connectivity index (χ4n) is 1.64. The summed E-state index contributed by atoms with van der Waals surface area (Å²) in [6.07, 6.45) is 4.52. The molecule has 1 aromatic rings. The van der Waals surface area contributed by atoms with Gasteiger partial charge in [-0.1, -0.05) is 15.9 Å². The van der Waals surface area contributed by atoms with Gasteiger partial charge in [-0.05, 0) is 47.3 Å². The zero-order valence-electron chi connectivity index (χ0n) is 8.71. The van der Waals surface area contributed by atoms with Gasteiger partial charge < -0.3 is 4.90 Å². The van der Waals surface area contributed by atoms with Crippen LogP contribution in [0.4, 0.5) is 5.82 Å². The SMILES string of the molecule is Cc1cc(N(CCBr)C2CC2)ncc1Br. The molecule has 1 heterocycles. The van der Waals surface area contributed by atoms with Gasteiger partial charge in [0.25, 0.3) is 0 Å². The zero-order valence-corrected chi connectivity index (χ0v) is 11.9. The summed E-state index contributed by atoms with van der Waals surface area (Å²) < 4.78 is 1.08. The van der Waals surface area contributed by atoms with Crippen molar-refractivity contribution in [3.8, 4) is 0 Å². The van der Waals surface area contributed by atoms with Crippen molar-refractivity contribution < 1.29 is 0 Å². The van der Waals surface area contributed by atoms with Gasteiger partial charge in [-0.3, -0.25) is 0 Å². The van der Waals surface area contributed by atoms with Crippen LogP contribution >= 0.6 is 31.9 Å². The normalized spacial score (nSPS) is 15.4. The predicted molar refractivity (Wildman–Crippen MR) is 70.8 cm³/mol. The molecule has 0 atom stereocenters. The van der Waals surface area contributed by atoms with Crippen LogP contribution in [0.1, 0.15) is 18.4 Å². The molecule has 0 amide bonds. The minimum Gasteiger partial charge on any atom is -0.353 e. The Labute approximate surface area is 107 Å². The summed E-state index contributed by atoms with van der Waals surface area (Å²) in [6, 6.07) is 2.88. The Balaban J connectivity index is 2.21. The van der Waals surface area contributed by atoms with Gasteiger partial charge in [-0.15, -0.1) is 0 Å². The predicted octanol–water partition coefficient (Wildman–Crippen LogP) is 3.52. The number of nitrogens with zero attached hydrogens (tertiary/aromatic N) is 2. The summed E-state index contributed by atoms with van der Waals surface area (Å²) in [7, 11) is 0. The number of halogens is 2. The van der Waals surface area contributed by atoms with Crippen molar-refractivity contribution in [2.24, 2.45) is 0 Å². The van der Waals surface area contributed by atoms with E-state index in [1.807, 2.05) is 6.20 Å². The average molecular weight is 334 g/mol. The molecular weight excluding hydrogens is 320 g/mol. The Morgan fingerprint density at radius 2 is 2.27 bits per heavy atom. The first-order valence-electron chi connectivity index (χ1n) is 5.17. The molecule has 15 heavy (non-hydrogen) atoms. The summed E-state index contributed by atoms with van der Waals surface area (Å²) in [5, 5.41) is 1.00. The Kier molecular flexibility index (Phi) is 3.67. The number of aromatic nitrogens is 1. The molecule has 0 spiro atoms. The van der Waals surface area contributed by atoms with Crippen molar-refractivity contribution >= 4 is 37.7 Å². The van der Waals surface area contributed by atoms with Gasteiger partial charge in [-0.2, -0.15) is 0 Å². The summed E-state index contributed by atoms with van der Waals surface area (Å²) in [4.78, 5) is 6.87. The summed E-state index contributed by atoms with van der Waals surface area (Å²) >= 11 is 6.98. The summed E-state index contributed by atoms with van der Waals surface area (Å²) in [5.74, 6) is 1.11. The summed E-state index contributed by atoms with van der Waals surface area (Å²) in [5.41, 5.74) is 1.25. The lowest BCUT2D eigenvalue weighted by Crippen LogP contribution is -2.28. The minimum atomic E-state index is 0.718. The van der Waals surface area contributed by atoms with Crippen molar-refractivity contribution in [1.82, 2.24) is 4.98 Å². The van der Waals surface area contributed by atoms with Gasteiger partial charge in [0.15, 0.2) is 0 Å². The van der Waals surface area contributed by atoms with Crippen molar-refractivity contribution in [3.63, 3.8) is 0 Å². The van der Waals surface area contributed by atoms with Gasteiger partial charge in [-0.25, -0.2) is 4.98 Å². The Hall–Kier alpha value is -0.0900. The monoisotopic (exact) mass is 332 g/mol. The van der Waals surface area contributed by atoms with E-state index in [1.165, 1.54) is 18.4 Å². The number of anilines is 1. The molecule has 1 aromatic heterocycles. The highest BCUT2D eigenvalue weighted by Gasteiger charge is 2.29. The van der Waals surface area contributed by atoms with Gasteiger partial charge in [0.2, 0.25) is 0 Å². The van der Waals surface area contributed by atoms with E-state index in [0.717, 1.165) is 28.2 Å². The van der Waals surface area contributed by atoms with Crippen molar-refractivity contribution in [2.45, 2.75) is 25.8 Å². The molecule has 0 aromatic carbocycles. The third-order valence-electron chi connectivity index (χ3n) is 2.64. The van der Waals surface area contributed by atoms with E-state index in [0.29, 0.717) is 0 Å². The van der Waals surface area contributed by atoms with E-state index in [2.05, 4.69) is 54.7 Å². The Morgan fingerprint density at radius 1 is 1.53 bits per heavy atom. The second kappa shape index (κ2) is 4.83. The van der Waals surface area contributed by atoms with Gasteiger partial charge in [0.05, 0.1) is 0 Å². The minimum absolute atomic E-state index is 0.718. The molecule has 0 unspecified atom stereocenters. The van der Waals surface area contributed by atoms with E-state index in [1.54, 1.807) is 0 Å². The first-order chi connectivity index (χ1) is 7.22. The largest absolute Gasteiger partial charge is 0.353 e. The van der Waals surface area contributed by atoms with Crippen molar-refractivity contribution in [3.05, 3.63) is 22.3 Å². The molecule has 0 saturated heterocycles. The molecule has 0 N–H and O–H groups in total. The van der Waals surface area contributed by atoms with Gasteiger partial charge in [0, 0.05) is 28.6 Å². The number of aryl methyl sites for hydroxylation is 1. The van der Waals surface area contributed by atoms with E-state index in [4.69, 9.17) is 0 Å². The molecule has 1 aliphatic carbocycles. The zero-order chi connectivity index (χ0) is 10.8. The van der Waals surface area contributed by atoms with Crippen molar-refractivity contribution in [2.75, 3.05) is 16.8 Å². The van der Waals surface area contributed by atoms with Gasteiger partial charge in [0.1, 0.15) is 5.82 Å². The quantitative estimate of drug-likeness (QED) is 0.784. The van der Waals surface area contributed by atoms with E-state index < -0.39 is 0 Å². The van der Waals surface area contributed by atoms with Crippen LogP contribution in [0, 0.1) is 6.92 Å². The topological polar surface area (TPSA) is 16.1 Å². The van der Waals surface area contributed by atoms with E-state index in [-0.39, 0.29) is 0 Å². The third kappa shape index (κ3) is 2.72. The highest BCUT2D eigenvalue weighted by Crippen LogP contribution is 2.31. The molecule has 2 rings (SSSR count). The van der Waals surface area contributed by atoms with Crippen LogP contribution in [0.25, 0.3) is 0 Å². The number of hydrogen-bond donors (Lipinski definition) is 0. The molecule has 0 aliphatic heterocycles. The lowest BCUT2D eigenvalue weighted by atomic mass is 10.3. The maximum atomic E-state index is 4.48. The standard InChI is InChI=1S/C11H14Br2N2/c1-8-6-11(14-7-10(8)13)15(5-4-12)9-2-3-9/h6-7,9H,2-5H2,1H3. The van der Waals surface area contributed by atoms with Crippen LogP contribution in [0.5, 0.6) is 0 Å². The lowest BCUT2D eigenvalue weighted by molar-refractivity contribution is 0.814. The Bertz CT molecular complexity index is 350. The highest BCUT2D eigenvalue weighted by atomic mass is 79.9. The number of pyridine rings is 1. The molecular formula is C11H14Br2N2. The molecule has 2 nitrogen and oxygen atoms in total. The van der Waals surface area contributed by atoms with E-state index in [9.17, 15) is 0 Å². The highest BCUT2D eigenvalue weighted by molar-refractivity contribution is 9.10. The average Bonchev–Trinajstić information content (AvgIpc) is 3.02. The molecule has 0 radical (unpaired) electrons. The van der Waals surface area contributed by atoms with Crippen LogP contribution < -0.4 is 4.90 Å². The molecule has 1 saturated carbocycles. The summed E-state index contributed by atoms with van der Waals surface area (Å²) in [6.45, 7) is 3.15. The maximum absolute atomic E-state index is 4.48. The molecule has 1 aliphatic rings. The van der Waals surface area contributed by atoms with Crippen LogP contribution in [0.3, 0.4) is 0 Å². The van der Waals surface area contributed by atoms with Crippen LogP contribution in [-0.2, 0) is 0 Å². The van der Waals surface area contributed by atoms with Crippen LogP contribution in [0.2, 0.25) is 0 Å². The molecule has 4 heteroatoms. The fraction of sp³-hybridized carbons (Fsp3) is 0.545. The molecule has 1 fully saturated rings. The van der Waals surface area contributed by atoms with Crippen LogP contribution in [-0.4, -0.2) is 22.9 Å². The molecule has 0 bridgehead atoms. The second-order valence-electron chi connectivity index (χ2n) is 3.91. The molecule has 82 valence electrons. The van der Waals surface area contributed by atoms with Crippen LogP contribution in [0.15, 0.2) is 16.7 Å². The first kappa shape index (κ1) is 11.4. The third-order valence-corrected chi connectivity index (χ3v) is 3.82. The number of hydrogen-bond acceptors (Lipinski definition) is 2. The number of alkyl halides is 1. The Morgan fingerprint density at radius 3 is 2.80 bits per heavy atom. The maximum Gasteiger partial charge on any atom is 0.129 e. The fourth-order valence-corrected chi connectivity index (χ4v) is 2.24. The smallest absolute Gasteiger partial charge is 0.129 e.